The van der Waals surface area contributed by atoms with Crippen molar-refractivity contribution < 1.29 is 19.2 Å². The molecule has 2 aliphatic rings. The number of pyridine rings is 1. The third-order valence-corrected chi connectivity index (χ3v) is 5.77. The van der Waals surface area contributed by atoms with Crippen molar-refractivity contribution in [1.82, 2.24) is 30.0 Å². The molecule has 1 aliphatic carbocycles. The lowest BCUT2D eigenvalue weighted by Gasteiger charge is -2.10. The molecule has 0 bridgehead atoms. The van der Waals surface area contributed by atoms with Gasteiger partial charge in [-0.2, -0.15) is 0 Å². The fraction of sp³-hybridized carbons (Fsp3) is 0.333. The molecule has 4 heterocycles. The van der Waals surface area contributed by atoms with Crippen LogP contribution in [0.3, 0.4) is 0 Å². The van der Waals surface area contributed by atoms with Crippen LogP contribution in [0.2, 0.25) is 0 Å². The molecule has 5 rings (SSSR count). The van der Waals surface area contributed by atoms with Crippen LogP contribution in [-0.4, -0.2) is 47.9 Å². The molecule has 3 aromatic heterocycles. The molecule has 0 aromatic carbocycles. The maximum atomic E-state index is 13.0. The molecule has 10 nitrogen and oxygen atoms in total. The molecule has 10 heteroatoms. The van der Waals surface area contributed by atoms with Crippen LogP contribution in [0.15, 0.2) is 18.3 Å². The van der Waals surface area contributed by atoms with Crippen LogP contribution in [-0.2, 0) is 17.8 Å². The van der Waals surface area contributed by atoms with Gasteiger partial charge in [-0.15, -0.1) is 11.5 Å². The number of ketones is 1. The van der Waals surface area contributed by atoms with E-state index in [2.05, 4.69) is 26.5 Å². The summed E-state index contributed by atoms with van der Waals surface area (Å²) in [4.78, 5) is 49.1. The highest BCUT2D eigenvalue weighted by molar-refractivity contribution is 6.44. The first-order valence-electron chi connectivity index (χ1n) is 9.90. The van der Waals surface area contributed by atoms with E-state index >= 15 is 0 Å². The zero-order valence-electron chi connectivity index (χ0n) is 16.7. The Hall–Kier alpha value is -4.00. The molecule has 3 aromatic rings. The first-order valence-corrected chi connectivity index (χ1v) is 9.90. The van der Waals surface area contributed by atoms with Gasteiger partial charge in [-0.1, -0.05) is 5.92 Å². The van der Waals surface area contributed by atoms with Gasteiger partial charge in [-0.3, -0.25) is 9.59 Å². The number of hydrogen-bond acceptors (Lipinski definition) is 7. The number of carbonyl (C=O) groups excluding carboxylic acids is 3. The van der Waals surface area contributed by atoms with Crippen LogP contribution >= 0.6 is 0 Å². The summed E-state index contributed by atoms with van der Waals surface area (Å²) in [5.41, 5.74) is 1.52. The minimum atomic E-state index is -0.759. The highest BCUT2D eigenvalue weighted by Gasteiger charge is 2.44. The Balaban J connectivity index is 1.48. The van der Waals surface area contributed by atoms with E-state index < -0.39 is 23.2 Å². The van der Waals surface area contributed by atoms with E-state index in [0.29, 0.717) is 48.2 Å². The molecule has 31 heavy (non-hydrogen) atoms. The van der Waals surface area contributed by atoms with Crippen LogP contribution in [0.1, 0.15) is 51.4 Å². The van der Waals surface area contributed by atoms with Gasteiger partial charge in [0.05, 0.1) is 5.56 Å². The van der Waals surface area contributed by atoms with Crippen LogP contribution in [0.25, 0.3) is 11.2 Å². The Morgan fingerprint density at radius 3 is 2.87 bits per heavy atom. The molecular formula is C21H18N6O4. The quantitative estimate of drug-likeness (QED) is 0.279. The number of aromatic nitrogens is 5. The van der Waals surface area contributed by atoms with Crippen molar-refractivity contribution in [2.75, 3.05) is 0 Å². The Morgan fingerprint density at radius 2 is 2.13 bits per heavy atom. The number of hydrogen-bond donors (Lipinski definition) is 1. The fourth-order valence-electron chi connectivity index (χ4n) is 4.03. The SMILES string of the molecule is C#CC1(NC(=O)C(=O)c2c(C)c(C(=O)On3nnc4cccnc43)n3c2CCC3)CC1. The molecule has 1 saturated carbocycles. The lowest BCUT2D eigenvalue weighted by molar-refractivity contribution is -0.117. The molecule has 1 N–H and O–H groups in total. The van der Waals surface area contributed by atoms with Crippen LogP contribution in [0.5, 0.6) is 0 Å². The lowest BCUT2D eigenvalue weighted by Crippen LogP contribution is -2.40. The molecule has 1 aliphatic heterocycles. The molecule has 0 atom stereocenters. The second-order valence-corrected chi connectivity index (χ2v) is 7.75. The number of nitrogens with one attached hydrogen (secondary N) is 1. The van der Waals surface area contributed by atoms with E-state index in [1.54, 1.807) is 23.6 Å². The highest BCUT2D eigenvalue weighted by Crippen LogP contribution is 2.35. The predicted octanol–water partition coefficient (Wildman–Crippen LogP) is 0.616. The van der Waals surface area contributed by atoms with E-state index in [-0.39, 0.29) is 11.3 Å². The Morgan fingerprint density at radius 1 is 1.32 bits per heavy atom. The molecule has 0 radical (unpaired) electrons. The third-order valence-electron chi connectivity index (χ3n) is 5.77. The zero-order chi connectivity index (χ0) is 21.8. The predicted molar refractivity (Wildman–Crippen MR) is 107 cm³/mol. The van der Waals surface area contributed by atoms with Crippen molar-refractivity contribution >= 4 is 28.8 Å². The Kier molecular flexibility index (Phi) is 4.15. The Bertz CT molecular complexity index is 1310. The average Bonchev–Trinajstić information content (AvgIpc) is 3.07. The molecule has 0 unspecified atom stereocenters. The number of fused-ring (bicyclic) bond motifs is 2. The van der Waals surface area contributed by atoms with Gasteiger partial charge in [0.1, 0.15) is 16.7 Å². The van der Waals surface area contributed by atoms with Gasteiger partial charge in [0.15, 0.2) is 0 Å². The summed E-state index contributed by atoms with van der Waals surface area (Å²) in [5, 5.41) is 10.4. The maximum Gasteiger partial charge on any atom is 0.382 e. The largest absolute Gasteiger partial charge is 0.382 e. The number of Topliss-reactive ketones (excluding diaryl/α,β-unsaturated/α-hetero) is 1. The van der Waals surface area contributed by atoms with Gasteiger partial charge < -0.3 is 14.7 Å². The molecule has 0 spiro atoms. The molecule has 1 amide bonds. The van der Waals surface area contributed by atoms with E-state index in [1.807, 2.05) is 0 Å². The summed E-state index contributed by atoms with van der Waals surface area (Å²) < 4.78 is 1.73. The van der Waals surface area contributed by atoms with Crippen molar-refractivity contribution in [1.29, 1.82) is 0 Å². The number of terminal acetylenes is 1. The summed E-state index contributed by atoms with van der Waals surface area (Å²) in [7, 11) is 0. The molecule has 0 saturated heterocycles. The fourth-order valence-corrected chi connectivity index (χ4v) is 4.03. The third kappa shape index (κ3) is 2.97. The van der Waals surface area contributed by atoms with E-state index in [0.717, 1.165) is 11.3 Å². The summed E-state index contributed by atoms with van der Waals surface area (Å²) in [5.74, 6) is 0.369. The minimum absolute atomic E-state index is 0.210. The normalized spacial score (nSPS) is 15.9. The summed E-state index contributed by atoms with van der Waals surface area (Å²) in [6.45, 7) is 2.17. The standard InChI is InChI=1S/C21H18N6O4/c1-3-21(8-9-21)23-19(29)17(28)15-12(2)16(26-11-5-7-14(15)26)20(30)31-27-18-13(24-25-27)6-4-10-22-18/h1,4,6,10H,5,7-9,11H2,2H3,(H,23,29). The van der Waals surface area contributed by atoms with Gasteiger partial charge in [0.2, 0.25) is 5.65 Å². The van der Waals surface area contributed by atoms with Gasteiger partial charge in [-0.25, -0.2) is 9.78 Å². The monoisotopic (exact) mass is 418 g/mol. The van der Waals surface area contributed by atoms with E-state index in [4.69, 9.17) is 11.3 Å². The second-order valence-electron chi connectivity index (χ2n) is 7.75. The topological polar surface area (TPSA) is 121 Å². The highest BCUT2D eigenvalue weighted by atomic mass is 16.7. The van der Waals surface area contributed by atoms with Crippen LogP contribution < -0.4 is 10.2 Å². The van der Waals surface area contributed by atoms with Gasteiger partial charge in [0.25, 0.3) is 11.7 Å². The van der Waals surface area contributed by atoms with Crippen molar-refractivity contribution in [3.8, 4) is 12.3 Å². The van der Waals surface area contributed by atoms with Crippen molar-refractivity contribution in [2.45, 2.75) is 44.7 Å². The first-order chi connectivity index (χ1) is 14.9. The van der Waals surface area contributed by atoms with Crippen molar-refractivity contribution in [3.05, 3.63) is 40.8 Å². The van der Waals surface area contributed by atoms with Gasteiger partial charge >= 0.3 is 5.97 Å². The van der Waals surface area contributed by atoms with Gasteiger partial charge in [0, 0.05) is 18.4 Å². The number of nitrogens with zero attached hydrogens (tertiary/aromatic N) is 5. The Labute approximate surface area is 176 Å². The van der Waals surface area contributed by atoms with Gasteiger partial charge in [-0.05, 0) is 60.4 Å². The molecular weight excluding hydrogens is 400 g/mol. The summed E-state index contributed by atoms with van der Waals surface area (Å²) >= 11 is 0. The van der Waals surface area contributed by atoms with Crippen molar-refractivity contribution in [3.63, 3.8) is 0 Å². The van der Waals surface area contributed by atoms with Crippen molar-refractivity contribution in [2.24, 2.45) is 0 Å². The smallest absolute Gasteiger partial charge is 0.338 e. The molecule has 1 fully saturated rings. The first kappa shape index (κ1) is 19.0. The van der Waals surface area contributed by atoms with Crippen LogP contribution in [0.4, 0.5) is 0 Å². The maximum absolute atomic E-state index is 13.0. The second kappa shape index (κ2) is 6.77. The lowest BCUT2D eigenvalue weighted by atomic mass is 10.0. The summed E-state index contributed by atoms with van der Waals surface area (Å²) in [6, 6.07) is 3.39. The number of carbonyl (C=O) groups is 3. The zero-order valence-corrected chi connectivity index (χ0v) is 16.7. The minimum Gasteiger partial charge on any atom is -0.338 e. The molecule has 156 valence electrons. The van der Waals surface area contributed by atoms with Crippen LogP contribution in [0, 0.1) is 19.3 Å². The van der Waals surface area contributed by atoms with E-state index in [9.17, 15) is 14.4 Å². The average molecular weight is 418 g/mol. The summed E-state index contributed by atoms with van der Waals surface area (Å²) in [6.07, 6.45) is 9.62. The number of rotatable bonds is 5. The van der Waals surface area contributed by atoms with E-state index in [1.165, 1.54) is 6.20 Å². The number of amides is 1.